The molecule has 5 rings (SSSR count). The summed E-state index contributed by atoms with van der Waals surface area (Å²) >= 11 is 0. The van der Waals surface area contributed by atoms with Crippen molar-refractivity contribution in [1.29, 1.82) is 0 Å². The van der Waals surface area contributed by atoms with E-state index in [-0.39, 0.29) is 55.9 Å². The zero-order valence-corrected chi connectivity index (χ0v) is 23.6. The van der Waals surface area contributed by atoms with Gasteiger partial charge in [0.05, 0.1) is 24.0 Å². The second-order valence-electron chi connectivity index (χ2n) is 11.4. The average Bonchev–Trinajstić information content (AvgIpc) is 3.60. The Morgan fingerprint density at radius 1 is 1.07 bits per heavy atom. The maximum absolute atomic E-state index is 14.3. The Balaban J connectivity index is 1.54. The van der Waals surface area contributed by atoms with Crippen LogP contribution in [0.25, 0.3) is 0 Å². The number of aliphatic hydroxyl groups excluding tert-OH is 1. The summed E-state index contributed by atoms with van der Waals surface area (Å²) < 4.78 is 12.0. The molecule has 0 aliphatic carbocycles. The first-order valence-electron chi connectivity index (χ1n) is 14.5. The molecule has 6 atom stereocenters. The number of unbranched alkanes of at least 4 members (excludes halogenated alkanes) is 1. The quantitative estimate of drug-likeness (QED) is 0.307. The Morgan fingerprint density at radius 3 is 2.59 bits per heavy atom. The highest BCUT2D eigenvalue weighted by atomic mass is 16.5. The molecule has 1 aromatic rings. The first-order valence-corrected chi connectivity index (χ1v) is 14.5. The van der Waals surface area contributed by atoms with Crippen molar-refractivity contribution in [1.82, 2.24) is 15.1 Å². The van der Waals surface area contributed by atoms with Crippen LogP contribution in [0.2, 0.25) is 0 Å². The van der Waals surface area contributed by atoms with Gasteiger partial charge >= 0.3 is 5.97 Å². The molecule has 4 aliphatic heterocycles. The maximum atomic E-state index is 14.3. The van der Waals surface area contributed by atoms with E-state index in [2.05, 4.69) is 5.32 Å². The van der Waals surface area contributed by atoms with E-state index in [1.807, 2.05) is 56.3 Å². The molecule has 2 saturated heterocycles. The van der Waals surface area contributed by atoms with Gasteiger partial charge in [0, 0.05) is 32.2 Å². The monoisotopic (exact) mass is 565 g/mol. The predicted molar refractivity (Wildman–Crippen MR) is 149 cm³/mol. The lowest BCUT2D eigenvalue weighted by atomic mass is 9.74. The summed E-state index contributed by atoms with van der Waals surface area (Å²) in [5, 5.41) is 12.4. The number of ether oxygens (including phenoxy) is 2. The van der Waals surface area contributed by atoms with Gasteiger partial charge in [-0.15, -0.1) is 0 Å². The number of amides is 3. The fraction of sp³-hybridized carbons (Fsp3) is 0.548. The second-order valence-corrected chi connectivity index (χ2v) is 11.4. The molecule has 0 unspecified atom stereocenters. The lowest BCUT2D eigenvalue weighted by molar-refractivity contribution is -0.148. The number of allylic oxidation sites excluding steroid dienone is 1. The summed E-state index contributed by atoms with van der Waals surface area (Å²) in [6.07, 6.45) is 8.25. The summed E-state index contributed by atoms with van der Waals surface area (Å²) in [7, 11) is 0. The van der Waals surface area contributed by atoms with E-state index < -0.39 is 35.6 Å². The minimum absolute atomic E-state index is 0.0207. The van der Waals surface area contributed by atoms with Crippen molar-refractivity contribution in [3.8, 4) is 0 Å². The molecule has 1 aromatic carbocycles. The van der Waals surface area contributed by atoms with Crippen molar-refractivity contribution < 1.29 is 33.8 Å². The Hall–Kier alpha value is -3.50. The molecular weight excluding hydrogens is 526 g/mol. The number of carbonyl (C=O) groups excluding carboxylic acids is 4. The van der Waals surface area contributed by atoms with E-state index in [1.54, 1.807) is 22.0 Å². The van der Waals surface area contributed by atoms with Gasteiger partial charge in [0.15, 0.2) is 0 Å². The molecule has 0 radical (unpaired) electrons. The number of likely N-dealkylation sites (tertiary alicyclic amines) is 1. The van der Waals surface area contributed by atoms with Crippen LogP contribution in [-0.4, -0.2) is 88.7 Å². The molecule has 2 fully saturated rings. The number of rotatable bonds is 6. The minimum atomic E-state index is -1.26. The third-order valence-electron chi connectivity index (χ3n) is 8.54. The number of cyclic esters (lactones) is 1. The number of fused-ring (bicyclic) bond motifs is 2. The molecule has 41 heavy (non-hydrogen) atoms. The SMILES string of the molecule is CC(C)N1C/C=C\CCC(=O)OC[C@H](c2ccccc2)NC(=O)[C@@H]2[C@H]3C(=O)N(CCCCO)[C@H](C1=O)[C@]31C=C[C@H]2O1. The molecular formula is C31H39N3O7. The number of nitrogens with zero attached hydrogens (tertiary/aromatic N) is 2. The van der Waals surface area contributed by atoms with Crippen LogP contribution in [0.4, 0.5) is 0 Å². The smallest absolute Gasteiger partial charge is 0.306 e. The number of aliphatic hydroxyl groups is 1. The van der Waals surface area contributed by atoms with E-state index in [0.29, 0.717) is 25.8 Å². The van der Waals surface area contributed by atoms with Crippen molar-refractivity contribution in [3.05, 3.63) is 60.2 Å². The van der Waals surface area contributed by atoms with Crippen molar-refractivity contribution in [2.45, 2.75) is 69.4 Å². The lowest BCUT2D eigenvalue weighted by Crippen LogP contribution is -2.57. The van der Waals surface area contributed by atoms with Crippen molar-refractivity contribution in [3.63, 3.8) is 0 Å². The van der Waals surface area contributed by atoms with E-state index >= 15 is 0 Å². The standard InChI is InChI=1S/C31H39N3O7/c1-20(2)33-16-8-4-7-13-24(36)40-19-22(21-11-5-3-6-12-21)32-28(37)25-23-14-15-31(41-23)26(25)29(38)34(17-9-10-18-35)27(31)30(33)39/h3-6,8,11-12,14-15,20,22-23,25-27,35H,7,9-10,13,16-19H2,1-2H3,(H,32,37)/b8-4-/t22-,23-,25+,26+,27-,31+/m1/s1. The normalized spacial score (nSPS) is 32.8. The van der Waals surface area contributed by atoms with Gasteiger partial charge in [0.2, 0.25) is 17.7 Å². The van der Waals surface area contributed by atoms with E-state index in [1.165, 1.54) is 0 Å². The zero-order valence-electron chi connectivity index (χ0n) is 23.6. The van der Waals surface area contributed by atoms with Crippen LogP contribution in [0.1, 0.15) is 51.1 Å². The summed E-state index contributed by atoms with van der Waals surface area (Å²) in [4.78, 5) is 58.1. The molecule has 0 saturated carbocycles. The highest BCUT2D eigenvalue weighted by Gasteiger charge is 2.73. The van der Waals surface area contributed by atoms with Gasteiger partial charge < -0.3 is 29.7 Å². The van der Waals surface area contributed by atoms with Crippen LogP contribution in [-0.2, 0) is 28.7 Å². The Bertz CT molecular complexity index is 1220. The van der Waals surface area contributed by atoms with Gasteiger partial charge in [0.25, 0.3) is 0 Å². The van der Waals surface area contributed by atoms with Gasteiger partial charge in [-0.25, -0.2) is 0 Å². The fourth-order valence-corrected chi connectivity index (χ4v) is 6.52. The van der Waals surface area contributed by atoms with E-state index in [0.717, 1.165) is 5.56 Å². The molecule has 10 nitrogen and oxygen atoms in total. The summed E-state index contributed by atoms with van der Waals surface area (Å²) in [5.41, 5.74) is -0.496. The van der Waals surface area contributed by atoms with Gasteiger partial charge in [0.1, 0.15) is 18.2 Å². The highest BCUT2D eigenvalue weighted by molar-refractivity contribution is 6.00. The van der Waals surface area contributed by atoms with Gasteiger partial charge in [-0.2, -0.15) is 0 Å². The third kappa shape index (κ3) is 5.42. The molecule has 4 aliphatic rings. The Morgan fingerprint density at radius 2 is 1.85 bits per heavy atom. The number of hydrogen-bond donors (Lipinski definition) is 2. The molecule has 0 aromatic heterocycles. The molecule has 1 spiro atoms. The minimum Gasteiger partial charge on any atom is -0.463 e. The van der Waals surface area contributed by atoms with Crippen LogP contribution in [0.5, 0.6) is 0 Å². The molecule has 10 heteroatoms. The highest BCUT2D eigenvalue weighted by Crippen LogP contribution is 2.55. The molecule has 2 N–H and O–H groups in total. The zero-order chi connectivity index (χ0) is 29.1. The van der Waals surface area contributed by atoms with Gasteiger partial charge in [-0.3, -0.25) is 19.2 Å². The molecule has 4 heterocycles. The van der Waals surface area contributed by atoms with E-state index in [4.69, 9.17) is 9.47 Å². The van der Waals surface area contributed by atoms with Crippen molar-refractivity contribution in [2.24, 2.45) is 11.8 Å². The number of benzene rings is 1. The largest absolute Gasteiger partial charge is 0.463 e. The molecule has 5 bridgehead atoms. The van der Waals surface area contributed by atoms with Gasteiger partial charge in [-0.1, -0.05) is 54.6 Å². The third-order valence-corrected chi connectivity index (χ3v) is 8.54. The summed E-state index contributed by atoms with van der Waals surface area (Å²) in [5.74, 6) is -3.04. The topological polar surface area (TPSA) is 125 Å². The summed E-state index contributed by atoms with van der Waals surface area (Å²) in [6, 6.07) is 7.52. The number of nitrogens with one attached hydrogen (secondary N) is 1. The van der Waals surface area contributed by atoms with Crippen LogP contribution < -0.4 is 5.32 Å². The van der Waals surface area contributed by atoms with Crippen molar-refractivity contribution in [2.75, 3.05) is 26.3 Å². The van der Waals surface area contributed by atoms with Crippen molar-refractivity contribution >= 4 is 23.7 Å². The molecule has 220 valence electrons. The second kappa shape index (κ2) is 12.2. The summed E-state index contributed by atoms with van der Waals surface area (Å²) in [6.45, 7) is 4.33. The average molecular weight is 566 g/mol. The number of carbonyl (C=O) groups is 4. The molecule has 3 amide bonds. The van der Waals surface area contributed by atoms with Crippen LogP contribution in [0.3, 0.4) is 0 Å². The fourth-order valence-electron chi connectivity index (χ4n) is 6.52. The van der Waals surface area contributed by atoms with Gasteiger partial charge in [-0.05, 0) is 38.7 Å². The van der Waals surface area contributed by atoms with Crippen LogP contribution in [0, 0.1) is 11.8 Å². The first kappa shape index (κ1) is 29.0. The Labute approximate surface area is 240 Å². The van der Waals surface area contributed by atoms with Crippen LogP contribution in [0.15, 0.2) is 54.6 Å². The van der Waals surface area contributed by atoms with E-state index in [9.17, 15) is 24.3 Å². The van der Waals surface area contributed by atoms with Crippen LogP contribution >= 0.6 is 0 Å². The number of esters is 1. The predicted octanol–water partition coefficient (Wildman–Crippen LogP) is 1.90. The first-order chi connectivity index (χ1) is 19.8. The Kier molecular flexibility index (Phi) is 8.60. The lowest BCUT2D eigenvalue weighted by Gasteiger charge is -2.37. The maximum Gasteiger partial charge on any atom is 0.306 e. The number of hydrogen-bond acceptors (Lipinski definition) is 7.